The number of nitrogens with zero attached hydrogens (tertiary/aromatic N) is 3. The second-order valence-electron chi connectivity index (χ2n) is 7.20. The molecule has 0 saturated heterocycles. The Morgan fingerprint density at radius 3 is 2.39 bits per heavy atom. The van der Waals surface area contributed by atoms with Crippen molar-refractivity contribution >= 4 is 49.2 Å². The van der Waals surface area contributed by atoms with Crippen LogP contribution in [0.15, 0.2) is 50.9 Å². The zero-order valence-electron chi connectivity index (χ0n) is 15.2. The number of hydrogen-bond acceptors (Lipinski definition) is 6. The minimum Gasteiger partial charge on any atom is -0.384 e. The fraction of sp³-hybridized carbons (Fsp3) is 0.300. The number of benzene rings is 1. The molecule has 1 aromatic carbocycles. The van der Waals surface area contributed by atoms with E-state index in [0.717, 1.165) is 31.2 Å². The van der Waals surface area contributed by atoms with Crippen molar-refractivity contribution in [3.05, 3.63) is 41.8 Å². The van der Waals surface area contributed by atoms with E-state index in [4.69, 9.17) is 15.7 Å². The van der Waals surface area contributed by atoms with Gasteiger partial charge in [-0.15, -0.1) is 11.3 Å². The number of para-hydroxylation sites is 2. The Bertz CT molecular complexity index is 1270. The third kappa shape index (κ3) is 2.62. The number of hydrogen-bond donors (Lipinski definition) is 1. The summed E-state index contributed by atoms with van der Waals surface area (Å²) < 4.78 is 29.0. The molecule has 0 atom stereocenters. The van der Waals surface area contributed by atoms with Crippen LogP contribution in [0.5, 0.6) is 0 Å². The van der Waals surface area contributed by atoms with Crippen LogP contribution in [-0.4, -0.2) is 23.0 Å². The number of anilines is 1. The normalized spacial score (nSPS) is 16.1. The van der Waals surface area contributed by atoms with Gasteiger partial charge in [-0.25, -0.2) is 18.4 Å². The summed E-state index contributed by atoms with van der Waals surface area (Å²) >= 11 is 1.19. The molecule has 0 unspecified atom stereocenters. The van der Waals surface area contributed by atoms with E-state index < -0.39 is 9.84 Å². The molecule has 0 bridgehead atoms. The summed E-state index contributed by atoms with van der Waals surface area (Å²) in [6.07, 6.45) is 5.36. The molecular formula is C20H20N4O2S2. The zero-order valence-corrected chi connectivity index (χ0v) is 16.8. The van der Waals surface area contributed by atoms with Gasteiger partial charge in [-0.2, -0.15) is 0 Å². The van der Waals surface area contributed by atoms with Crippen molar-refractivity contribution in [2.24, 2.45) is 0 Å². The summed E-state index contributed by atoms with van der Waals surface area (Å²) in [5, 5.41) is 1.75. The van der Waals surface area contributed by atoms with Gasteiger partial charge in [-0.05, 0) is 36.4 Å². The standard InChI is InChI=1S/C20H20N4O2S2/c21-19-18(28(25,26)16-11-6-12-27-16)17-20(24(19)13-7-2-1-3-8-13)23-15-10-5-4-9-14(15)22-17/h4-6,9-13H,1-3,7-8,21H2. The molecule has 3 aromatic heterocycles. The van der Waals surface area contributed by atoms with Crippen molar-refractivity contribution in [1.29, 1.82) is 0 Å². The number of sulfone groups is 1. The van der Waals surface area contributed by atoms with Crippen molar-refractivity contribution in [3.63, 3.8) is 0 Å². The predicted molar refractivity (Wildman–Crippen MR) is 111 cm³/mol. The highest BCUT2D eigenvalue weighted by Gasteiger charge is 2.33. The SMILES string of the molecule is Nc1c(S(=O)(=O)c2cccs2)c2nc3ccccc3nc2n1C1CCCCC1. The Kier molecular flexibility index (Phi) is 4.13. The van der Waals surface area contributed by atoms with E-state index in [1.807, 2.05) is 28.8 Å². The third-order valence-corrected chi connectivity index (χ3v) is 8.67. The summed E-state index contributed by atoms with van der Waals surface area (Å²) in [5.74, 6) is 0.255. The van der Waals surface area contributed by atoms with Gasteiger partial charge in [-0.1, -0.05) is 37.5 Å². The molecule has 1 aliphatic carbocycles. The van der Waals surface area contributed by atoms with Crippen LogP contribution in [0.3, 0.4) is 0 Å². The minimum absolute atomic E-state index is 0.0915. The summed E-state index contributed by atoms with van der Waals surface area (Å²) in [4.78, 5) is 9.57. The van der Waals surface area contributed by atoms with Crippen LogP contribution in [-0.2, 0) is 9.84 Å². The second kappa shape index (κ2) is 6.56. The van der Waals surface area contributed by atoms with Crippen LogP contribution >= 0.6 is 11.3 Å². The summed E-state index contributed by atoms with van der Waals surface area (Å²) in [6.45, 7) is 0. The maximum Gasteiger partial charge on any atom is 0.221 e. The first-order valence-electron chi connectivity index (χ1n) is 9.42. The van der Waals surface area contributed by atoms with Crippen LogP contribution in [0.1, 0.15) is 38.1 Å². The number of thiophene rings is 1. The molecule has 144 valence electrons. The molecule has 1 aliphatic rings. The Labute approximate surface area is 166 Å². The second-order valence-corrected chi connectivity index (χ2v) is 10.3. The van der Waals surface area contributed by atoms with Gasteiger partial charge in [0.1, 0.15) is 20.4 Å². The lowest BCUT2D eigenvalue weighted by Crippen LogP contribution is -2.16. The van der Waals surface area contributed by atoms with Crippen molar-refractivity contribution in [2.75, 3.05) is 5.73 Å². The van der Waals surface area contributed by atoms with Crippen LogP contribution in [0.2, 0.25) is 0 Å². The van der Waals surface area contributed by atoms with Crippen LogP contribution in [0.4, 0.5) is 5.82 Å². The molecule has 8 heteroatoms. The Balaban J connectivity index is 1.86. The average molecular weight is 413 g/mol. The van der Waals surface area contributed by atoms with E-state index in [1.165, 1.54) is 17.8 Å². The van der Waals surface area contributed by atoms with Gasteiger partial charge in [0, 0.05) is 6.04 Å². The highest BCUT2D eigenvalue weighted by Crippen LogP contribution is 2.41. The topological polar surface area (TPSA) is 90.9 Å². The molecule has 5 rings (SSSR count). The van der Waals surface area contributed by atoms with Gasteiger partial charge < -0.3 is 10.3 Å². The number of aromatic nitrogens is 3. The molecule has 1 saturated carbocycles. The van der Waals surface area contributed by atoms with E-state index in [0.29, 0.717) is 16.7 Å². The van der Waals surface area contributed by atoms with E-state index in [2.05, 4.69) is 0 Å². The lowest BCUT2D eigenvalue weighted by Gasteiger charge is -2.24. The fourth-order valence-corrected chi connectivity index (χ4v) is 6.74. The molecule has 28 heavy (non-hydrogen) atoms. The van der Waals surface area contributed by atoms with Gasteiger partial charge in [0.15, 0.2) is 5.65 Å². The zero-order chi connectivity index (χ0) is 19.3. The minimum atomic E-state index is -3.77. The molecule has 0 spiro atoms. The van der Waals surface area contributed by atoms with Gasteiger partial charge in [0.25, 0.3) is 0 Å². The average Bonchev–Trinajstić information content (AvgIpc) is 3.33. The molecule has 0 aliphatic heterocycles. The Morgan fingerprint density at radius 1 is 1.00 bits per heavy atom. The monoisotopic (exact) mass is 412 g/mol. The summed E-state index contributed by atoms with van der Waals surface area (Å²) in [5.41, 5.74) is 8.85. The first-order valence-corrected chi connectivity index (χ1v) is 11.8. The van der Waals surface area contributed by atoms with Crippen molar-refractivity contribution in [3.8, 4) is 0 Å². The van der Waals surface area contributed by atoms with Crippen LogP contribution in [0, 0.1) is 0 Å². The predicted octanol–water partition coefficient (Wildman–Crippen LogP) is 4.57. The van der Waals surface area contributed by atoms with Crippen molar-refractivity contribution < 1.29 is 8.42 Å². The number of nitrogens with two attached hydrogens (primary N) is 1. The Morgan fingerprint density at radius 2 is 1.71 bits per heavy atom. The molecular weight excluding hydrogens is 392 g/mol. The molecule has 3 heterocycles. The Hall–Kier alpha value is -2.45. The van der Waals surface area contributed by atoms with Crippen molar-refractivity contribution in [1.82, 2.24) is 14.5 Å². The van der Waals surface area contributed by atoms with E-state index >= 15 is 0 Å². The van der Waals surface area contributed by atoms with Crippen molar-refractivity contribution in [2.45, 2.75) is 47.3 Å². The van der Waals surface area contributed by atoms with E-state index in [9.17, 15) is 8.42 Å². The highest BCUT2D eigenvalue weighted by molar-refractivity contribution is 7.93. The number of nitrogen functional groups attached to an aromatic ring is 1. The van der Waals surface area contributed by atoms with Gasteiger partial charge in [-0.3, -0.25) is 0 Å². The fourth-order valence-electron chi connectivity index (χ4n) is 4.15. The lowest BCUT2D eigenvalue weighted by atomic mass is 9.95. The van der Waals surface area contributed by atoms with Crippen LogP contribution in [0.25, 0.3) is 22.2 Å². The third-order valence-electron chi connectivity index (χ3n) is 5.46. The maximum absolute atomic E-state index is 13.4. The molecule has 0 radical (unpaired) electrons. The first-order chi connectivity index (χ1) is 13.6. The lowest BCUT2D eigenvalue weighted by molar-refractivity contribution is 0.362. The molecule has 2 N–H and O–H groups in total. The largest absolute Gasteiger partial charge is 0.384 e. The quantitative estimate of drug-likeness (QED) is 0.532. The summed E-state index contributed by atoms with van der Waals surface area (Å²) in [7, 11) is -3.77. The maximum atomic E-state index is 13.4. The number of rotatable bonds is 3. The highest BCUT2D eigenvalue weighted by atomic mass is 32.2. The number of fused-ring (bicyclic) bond motifs is 2. The van der Waals surface area contributed by atoms with E-state index in [1.54, 1.807) is 17.5 Å². The molecule has 0 amide bonds. The first kappa shape index (κ1) is 17.6. The van der Waals surface area contributed by atoms with Gasteiger partial charge in [0.2, 0.25) is 9.84 Å². The smallest absolute Gasteiger partial charge is 0.221 e. The molecule has 4 aromatic rings. The van der Waals surface area contributed by atoms with E-state index in [-0.39, 0.29) is 21.0 Å². The molecule has 1 fully saturated rings. The van der Waals surface area contributed by atoms with Crippen LogP contribution < -0.4 is 5.73 Å². The summed E-state index contributed by atoms with van der Waals surface area (Å²) in [6, 6.07) is 11.0. The molecule has 6 nitrogen and oxygen atoms in total. The van der Waals surface area contributed by atoms with Gasteiger partial charge >= 0.3 is 0 Å². The van der Waals surface area contributed by atoms with Gasteiger partial charge in [0.05, 0.1) is 11.0 Å².